The summed E-state index contributed by atoms with van der Waals surface area (Å²) in [5, 5.41) is 11.3. The number of benzene rings is 1. The van der Waals surface area contributed by atoms with Crippen molar-refractivity contribution < 1.29 is 14.6 Å². The van der Waals surface area contributed by atoms with E-state index in [4.69, 9.17) is 9.84 Å². The molecule has 0 radical (unpaired) electrons. The predicted octanol–water partition coefficient (Wildman–Crippen LogP) is 4.58. The van der Waals surface area contributed by atoms with Crippen LogP contribution in [-0.2, 0) is 17.8 Å². The fourth-order valence-electron chi connectivity index (χ4n) is 3.94. The molecule has 0 aliphatic carbocycles. The maximum atomic E-state index is 11.1. The van der Waals surface area contributed by atoms with Crippen LogP contribution in [0.5, 0.6) is 5.75 Å². The van der Waals surface area contributed by atoms with Gasteiger partial charge in [0, 0.05) is 22.5 Å². The van der Waals surface area contributed by atoms with Crippen molar-refractivity contribution in [2.45, 2.75) is 38.7 Å². The molecule has 0 bridgehead atoms. The number of carboxylic acid groups (broad SMARTS) is 1. The van der Waals surface area contributed by atoms with Crippen LogP contribution in [-0.4, -0.2) is 35.6 Å². The third-order valence-corrected chi connectivity index (χ3v) is 6.30. The van der Waals surface area contributed by atoms with E-state index in [1.165, 1.54) is 48.4 Å². The number of hydrogen-bond donors (Lipinski definition) is 1. The second-order valence-corrected chi connectivity index (χ2v) is 8.19. The second kappa shape index (κ2) is 8.28. The van der Waals surface area contributed by atoms with Gasteiger partial charge in [-0.25, -0.2) is 0 Å². The van der Waals surface area contributed by atoms with Crippen LogP contribution in [0.3, 0.4) is 0 Å². The highest BCUT2D eigenvalue weighted by molar-refractivity contribution is 7.11. The predicted molar refractivity (Wildman–Crippen MR) is 108 cm³/mol. The van der Waals surface area contributed by atoms with E-state index in [0.29, 0.717) is 6.61 Å². The fraction of sp³-hybridized carbons (Fsp3) is 0.409. The zero-order valence-electron chi connectivity index (χ0n) is 15.4. The van der Waals surface area contributed by atoms with E-state index in [-0.39, 0.29) is 6.42 Å². The maximum Gasteiger partial charge on any atom is 0.307 e. The van der Waals surface area contributed by atoms with Crippen LogP contribution in [0.25, 0.3) is 5.57 Å². The van der Waals surface area contributed by atoms with Gasteiger partial charge in [0.1, 0.15) is 12.4 Å². The molecule has 4 rings (SSSR count). The average Bonchev–Trinajstić information content (AvgIpc) is 3.08. The Morgan fingerprint density at radius 3 is 2.89 bits per heavy atom. The molecule has 5 heteroatoms. The highest BCUT2D eigenvalue weighted by Crippen LogP contribution is 2.40. The van der Waals surface area contributed by atoms with Crippen molar-refractivity contribution in [1.82, 2.24) is 4.90 Å². The van der Waals surface area contributed by atoms with Gasteiger partial charge in [0.2, 0.25) is 0 Å². The van der Waals surface area contributed by atoms with E-state index in [0.717, 1.165) is 29.8 Å². The van der Waals surface area contributed by atoms with Gasteiger partial charge < -0.3 is 14.7 Å². The molecule has 142 valence electrons. The molecule has 2 aliphatic rings. The van der Waals surface area contributed by atoms with Crippen molar-refractivity contribution in [3.63, 3.8) is 0 Å². The zero-order chi connectivity index (χ0) is 18.6. The number of piperidine rings is 1. The van der Waals surface area contributed by atoms with Gasteiger partial charge in [0.05, 0.1) is 6.42 Å². The summed E-state index contributed by atoms with van der Waals surface area (Å²) < 4.78 is 6.03. The monoisotopic (exact) mass is 383 g/mol. The Labute approximate surface area is 164 Å². The Hall–Kier alpha value is -2.11. The SMILES string of the molecule is O=C(O)Cc1ccc2c(c1)/C(=C\CCN1CCCCC1)c1sccc1CO2. The van der Waals surface area contributed by atoms with Crippen LogP contribution in [0.15, 0.2) is 35.7 Å². The first-order valence-electron chi connectivity index (χ1n) is 9.68. The van der Waals surface area contributed by atoms with E-state index in [1.807, 2.05) is 18.2 Å². The van der Waals surface area contributed by atoms with Gasteiger partial charge in [-0.15, -0.1) is 11.3 Å². The van der Waals surface area contributed by atoms with Crippen LogP contribution in [0, 0.1) is 0 Å². The van der Waals surface area contributed by atoms with Gasteiger partial charge in [0.15, 0.2) is 0 Å². The van der Waals surface area contributed by atoms with E-state index in [2.05, 4.69) is 22.4 Å². The third kappa shape index (κ3) is 4.25. The number of aliphatic carboxylic acids is 1. The lowest BCUT2D eigenvalue weighted by Gasteiger charge is -2.25. The Balaban J connectivity index is 1.64. The smallest absolute Gasteiger partial charge is 0.307 e. The quantitative estimate of drug-likeness (QED) is 0.821. The topological polar surface area (TPSA) is 49.8 Å². The number of fused-ring (bicyclic) bond motifs is 2. The normalized spacial score (nSPS) is 18.4. The fourth-order valence-corrected chi connectivity index (χ4v) is 4.91. The summed E-state index contributed by atoms with van der Waals surface area (Å²) in [6, 6.07) is 7.90. The minimum atomic E-state index is -0.808. The molecule has 1 fully saturated rings. The number of nitrogens with zero attached hydrogens (tertiary/aromatic N) is 1. The minimum Gasteiger partial charge on any atom is -0.488 e. The highest BCUT2D eigenvalue weighted by Gasteiger charge is 2.21. The molecule has 27 heavy (non-hydrogen) atoms. The molecule has 0 atom stereocenters. The molecule has 0 unspecified atom stereocenters. The number of carbonyl (C=O) groups is 1. The molecule has 2 aliphatic heterocycles. The number of likely N-dealkylation sites (tertiary alicyclic amines) is 1. The number of thiophene rings is 1. The Bertz CT molecular complexity index is 849. The maximum absolute atomic E-state index is 11.1. The van der Waals surface area contributed by atoms with Crippen LogP contribution >= 0.6 is 11.3 Å². The first-order valence-corrected chi connectivity index (χ1v) is 10.6. The summed E-state index contributed by atoms with van der Waals surface area (Å²) in [5.41, 5.74) is 4.23. The van der Waals surface area contributed by atoms with Gasteiger partial charge in [0.25, 0.3) is 0 Å². The lowest BCUT2D eigenvalue weighted by atomic mass is 9.97. The summed E-state index contributed by atoms with van der Waals surface area (Å²) >= 11 is 1.74. The molecular formula is C22H25NO3S. The number of hydrogen-bond acceptors (Lipinski definition) is 4. The number of carboxylic acids is 1. The molecule has 1 N–H and O–H groups in total. The Kier molecular flexibility index (Phi) is 5.60. The van der Waals surface area contributed by atoms with Gasteiger partial charge >= 0.3 is 5.97 Å². The van der Waals surface area contributed by atoms with Gasteiger partial charge in [-0.1, -0.05) is 18.6 Å². The molecule has 3 heterocycles. The van der Waals surface area contributed by atoms with Crippen LogP contribution in [0.4, 0.5) is 0 Å². The molecule has 1 aromatic carbocycles. The van der Waals surface area contributed by atoms with Crippen molar-refractivity contribution in [1.29, 1.82) is 0 Å². The van der Waals surface area contributed by atoms with E-state index >= 15 is 0 Å². The van der Waals surface area contributed by atoms with E-state index in [1.54, 1.807) is 11.3 Å². The van der Waals surface area contributed by atoms with E-state index < -0.39 is 5.97 Å². The third-order valence-electron chi connectivity index (χ3n) is 5.31. The molecule has 1 aromatic heterocycles. The molecule has 0 amide bonds. The van der Waals surface area contributed by atoms with Crippen molar-refractivity contribution in [3.05, 3.63) is 57.3 Å². The van der Waals surface area contributed by atoms with Crippen molar-refractivity contribution in [2.24, 2.45) is 0 Å². The van der Waals surface area contributed by atoms with Crippen LogP contribution in [0.1, 0.15) is 47.3 Å². The van der Waals surface area contributed by atoms with E-state index in [9.17, 15) is 4.79 Å². The first kappa shape index (κ1) is 18.3. The van der Waals surface area contributed by atoms with Crippen LogP contribution in [0.2, 0.25) is 0 Å². The highest BCUT2D eigenvalue weighted by atomic mass is 32.1. The molecule has 0 saturated carbocycles. The molecule has 4 nitrogen and oxygen atoms in total. The number of ether oxygens (including phenoxy) is 1. The first-order chi connectivity index (χ1) is 13.2. The molecular weight excluding hydrogens is 358 g/mol. The standard InChI is InChI=1S/C22H25NO3S/c24-21(25)14-16-6-7-20-19(13-16)18(22-17(15-26-20)8-12-27-22)5-4-11-23-9-2-1-3-10-23/h5-8,12-13H,1-4,9-11,14-15H2,(H,24,25)/b18-5+. The Morgan fingerprint density at radius 1 is 1.22 bits per heavy atom. The van der Waals surface area contributed by atoms with Crippen molar-refractivity contribution in [3.8, 4) is 5.75 Å². The lowest BCUT2D eigenvalue weighted by Crippen LogP contribution is -2.30. The summed E-state index contributed by atoms with van der Waals surface area (Å²) in [6.07, 6.45) is 7.32. The minimum absolute atomic E-state index is 0.0334. The summed E-state index contributed by atoms with van der Waals surface area (Å²) in [5.74, 6) is 0.0358. The van der Waals surface area contributed by atoms with Crippen molar-refractivity contribution in [2.75, 3.05) is 19.6 Å². The summed E-state index contributed by atoms with van der Waals surface area (Å²) in [7, 11) is 0. The zero-order valence-corrected chi connectivity index (χ0v) is 16.3. The molecule has 0 spiro atoms. The second-order valence-electron chi connectivity index (χ2n) is 7.27. The number of rotatable bonds is 5. The molecule has 1 saturated heterocycles. The average molecular weight is 384 g/mol. The van der Waals surface area contributed by atoms with Gasteiger partial charge in [-0.3, -0.25) is 4.79 Å². The largest absolute Gasteiger partial charge is 0.488 e. The molecule has 2 aromatic rings. The summed E-state index contributed by atoms with van der Waals surface area (Å²) in [6.45, 7) is 4.05. The lowest BCUT2D eigenvalue weighted by molar-refractivity contribution is -0.136. The Morgan fingerprint density at radius 2 is 2.07 bits per heavy atom. The van der Waals surface area contributed by atoms with Crippen molar-refractivity contribution >= 4 is 22.9 Å². The summed E-state index contributed by atoms with van der Waals surface area (Å²) in [4.78, 5) is 14.9. The van der Waals surface area contributed by atoms with Gasteiger partial charge in [-0.2, -0.15) is 0 Å². The van der Waals surface area contributed by atoms with Crippen LogP contribution < -0.4 is 4.74 Å². The van der Waals surface area contributed by atoms with Gasteiger partial charge in [-0.05, 0) is 67.1 Å².